The summed E-state index contributed by atoms with van der Waals surface area (Å²) in [5.41, 5.74) is 3.68. The molecule has 0 aliphatic rings. The van der Waals surface area contributed by atoms with Crippen LogP contribution in [0.3, 0.4) is 0 Å². The highest BCUT2D eigenvalue weighted by Crippen LogP contribution is 2.15. The van der Waals surface area contributed by atoms with Gasteiger partial charge in [-0.2, -0.15) is 0 Å². The lowest BCUT2D eigenvalue weighted by Gasteiger charge is -2.29. The molecule has 3 N–H and O–H groups in total. The van der Waals surface area contributed by atoms with Crippen molar-refractivity contribution in [2.24, 2.45) is 5.73 Å². The van der Waals surface area contributed by atoms with E-state index in [9.17, 15) is 9.59 Å². The number of nitrogens with one attached hydrogen (secondary N) is 1. The Balaban J connectivity index is 4.55. The van der Waals surface area contributed by atoms with Crippen LogP contribution in [0.15, 0.2) is 0 Å². The third kappa shape index (κ3) is 6.14. The molecular weight excluding hydrogens is 220 g/mol. The Kier molecular flexibility index (Phi) is 5.45. The van der Waals surface area contributed by atoms with Gasteiger partial charge < -0.3 is 15.8 Å². The van der Waals surface area contributed by atoms with Crippen molar-refractivity contribution in [1.29, 1.82) is 0 Å². The molecule has 0 bridgehead atoms. The largest absolute Gasteiger partial charge is 0.444 e. The molecule has 0 spiro atoms. The molecule has 0 rings (SSSR count). The van der Waals surface area contributed by atoms with Gasteiger partial charge in [0.1, 0.15) is 11.1 Å². The van der Waals surface area contributed by atoms with Crippen LogP contribution >= 0.6 is 0 Å². The first-order valence-corrected chi connectivity index (χ1v) is 5.92. The van der Waals surface area contributed by atoms with Crippen LogP contribution in [0.4, 0.5) is 4.79 Å². The lowest BCUT2D eigenvalue weighted by atomic mass is 9.94. The lowest BCUT2D eigenvalue weighted by molar-refractivity contribution is -0.124. The van der Waals surface area contributed by atoms with Gasteiger partial charge in [0.15, 0.2) is 0 Å². The average Bonchev–Trinajstić information content (AvgIpc) is 2.11. The monoisotopic (exact) mass is 244 g/mol. The summed E-state index contributed by atoms with van der Waals surface area (Å²) in [5.74, 6) is -0.545. The minimum atomic E-state index is -1.04. The van der Waals surface area contributed by atoms with Crippen LogP contribution < -0.4 is 11.1 Å². The Labute approximate surface area is 103 Å². The molecule has 0 radical (unpaired) electrons. The minimum Gasteiger partial charge on any atom is -0.444 e. The fourth-order valence-corrected chi connectivity index (χ4v) is 1.31. The third-order valence-corrected chi connectivity index (χ3v) is 2.35. The van der Waals surface area contributed by atoms with Crippen LogP contribution in [-0.4, -0.2) is 23.1 Å². The average molecular weight is 244 g/mol. The van der Waals surface area contributed by atoms with E-state index in [2.05, 4.69) is 5.32 Å². The summed E-state index contributed by atoms with van der Waals surface area (Å²) >= 11 is 0. The van der Waals surface area contributed by atoms with Crippen molar-refractivity contribution in [3.8, 4) is 0 Å². The SMILES string of the molecule is CCCC[C@@](C)(NC(=O)OC(C)(C)C)C(N)=O. The van der Waals surface area contributed by atoms with Gasteiger partial charge in [-0.1, -0.05) is 19.8 Å². The molecule has 5 nitrogen and oxygen atoms in total. The Hall–Kier alpha value is -1.26. The van der Waals surface area contributed by atoms with Gasteiger partial charge in [-0.05, 0) is 34.1 Å². The number of nitrogens with two attached hydrogens (primary N) is 1. The molecule has 17 heavy (non-hydrogen) atoms. The zero-order valence-electron chi connectivity index (χ0n) is 11.4. The number of ether oxygens (including phenoxy) is 1. The van der Waals surface area contributed by atoms with Crippen molar-refractivity contribution in [2.75, 3.05) is 0 Å². The van der Waals surface area contributed by atoms with Gasteiger partial charge in [0, 0.05) is 0 Å². The standard InChI is InChI=1S/C12H24N2O3/c1-6-7-8-12(5,9(13)15)14-10(16)17-11(2,3)4/h6-8H2,1-5H3,(H2,13,15)(H,14,16)/t12-/m1/s1. The van der Waals surface area contributed by atoms with Gasteiger partial charge >= 0.3 is 6.09 Å². The zero-order valence-corrected chi connectivity index (χ0v) is 11.4. The summed E-state index contributed by atoms with van der Waals surface area (Å²) in [4.78, 5) is 23.0. The van der Waals surface area contributed by atoms with E-state index in [-0.39, 0.29) is 0 Å². The highest BCUT2D eigenvalue weighted by atomic mass is 16.6. The second kappa shape index (κ2) is 5.89. The molecule has 5 heteroatoms. The first kappa shape index (κ1) is 15.7. The van der Waals surface area contributed by atoms with E-state index in [0.29, 0.717) is 6.42 Å². The normalized spacial score (nSPS) is 14.9. The van der Waals surface area contributed by atoms with Crippen LogP contribution in [-0.2, 0) is 9.53 Å². The van der Waals surface area contributed by atoms with Crippen molar-refractivity contribution in [1.82, 2.24) is 5.32 Å². The van der Waals surface area contributed by atoms with Gasteiger partial charge in [-0.3, -0.25) is 4.79 Å². The maximum Gasteiger partial charge on any atom is 0.408 e. The van der Waals surface area contributed by atoms with Gasteiger partial charge in [0.05, 0.1) is 0 Å². The minimum absolute atomic E-state index is 0.512. The maximum atomic E-state index is 11.6. The molecule has 0 saturated heterocycles. The van der Waals surface area contributed by atoms with Gasteiger partial charge in [-0.15, -0.1) is 0 Å². The molecule has 100 valence electrons. The molecular formula is C12H24N2O3. The predicted molar refractivity (Wildman–Crippen MR) is 66.5 cm³/mol. The van der Waals surface area contributed by atoms with E-state index >= 15 is 0 Å². The van der Waals surface area contributed by atoms with Gasteiger partial charge in [0.2, 0.25) is 5.91 Å². The fourth-order valence-electron chi connectivity index (χ4n) is 1.31. The number of amides is 2. The highest BCUT2D eigenvalue weighted by Gasteiger charge is 2.33. The number of hydrogen-bond acceptors (Lipinski definition) is 3. The predicted octanol–water partition coefficient (Wildman–Crippen LogP) is 1.95. The molecule has 0 aromatic carbocycles. The van der Waals surface area contributed by atoms with E-state index in [4.69, 9.17) is 10.5 Å². The van der Waals surface area contributed by atoms with E-state index in [1.807, 2.05) is 6.92 Å². The molecule has 0 saturated carbocycles. The molecule has 0 heterocycles. The van der Waals surface area contributed by atoms with E-state index in [1.165, 1.54) is 0 Å². The summed E-state index contributed by atoms with van der Waals surface area (Å²) in [7, 11) is 0. The van der Waals surface area contributed by atoms with Crippen LogP contribution in [0.1, 0.15) is 53.9 Å². The number of unbranched alkanes of at least 4 members (excludes halogenated alkanes) is 1. The van der Waals surface area contributed by atoms with Crippen molar-refractivity contribution in [3.05, 3.63) is 0 Å². The van der Waals surface area contributed by atoms with Crippen LogP contribution in [0.2, 0.25) is 0 Å². The van der Waals surface area contributed by atoms with Crippen LogP contribution in [0, 0.1) is 0 Å². The number of rotatable bonds is 5. The Bertz CT molecular complexity index is 284. The molecule has 0 aromatic rings. The van der Waals surface area contributed by atoms with Gasteiger partial charge in [0.25, 0.3) is 0 Å². The molecule has 0 unspecified atom stereocenters. The molecule has 1 atom stereocenters. The summed E-state index contributed by atoms with van der Waals surface area (Å²) in [6, 6.07) is 0. The summed E-state index contributed by atoms with van der Waals surface area (Å²) in [6.45, 7) is 8.92. The molecule has 0 aromatic heterocycles. The van der Waals surface area contributed by atoms with Crippen molar-refractivity contribution < 1.29 is 14.3 Å². The quantitative estimate of drug-likeness (QED) is 0.775. The van der Waals surface area contributed by atoms with E-state index in [0.717, 1.165) is 12.8 Å². The zero-order chi connectivity index (χ0) is 13.7. The third-order valence-electron chi connectivity index (χ3n) is 2.35. The fraction of sp³-hybridized carbons (Fsp3) is 0.833. The number of hydrogen-bond donors (Lipinski definition) is 2. The van der Waals surface area contributed by atoms with Crippen LogP contribution in [0.5, 0.6) is 0 Å². The number of alkyl carbamates (subject to hydrolysis) is 1. The molecule has 0 aliphatic heterocycles. The number of primary amides is 1. The van der Waals surface area contributed by atoms with Crippen molar-refractivity contribution >= 4 is 12.0 Å². The Morgan fingerprint density at radius 2 is 1.76 bits per heavy atom. The Morgan fingerprint density at radius 1 is 1.24 bits per heavy atom. The first-order valence-electron chi connectivity index (χ1n) is 5.92. The van der Waals surface area contributed by atoms with Crippen LogP contribution in [0.25, 0.3) is 0 Å². The maximum absolute atomic E-state index is 11.6. The van der Waals surface area contributed by atoms with Gasteiger partial charge in [-0.25, -0.2) is 4.79 Å². The second-order valence-corrected chi connectivity index (χ2v) is 5.43. The summed E-state index contributed by atoms with van der Waals surface area (Å²) in [5, 5.41) is 2.55. The van der Waals surface area contributed by atoms with E-state index in [1.54, 1.807) is 27.7 Å². The summed E-state index contributed by atoms with van der Waals surface area (Å²) < 4.78 is 5.11. The number of carbonyl (C=O) groups is 2. The smallest absolute Gasteiger partial charge is 0.408 e. The topological polar surface area (TPSA) is 81.4 Å². The second-order valence-electron chi connectivity index (χ2n) is 5.43. The van der Waals surface area contributed by atoms with Crippen molar-refractivity contribution in [3.63, 3.8) is 0 Å². The summed E-state index contributed by atoms with van der Waals surface area (Å²) in [6.07, 6.45) is 1.64. The molecule has 0 aliphatic carbocycles. The molecule has 2 amide bonds. The number of carbonyl (C=O) groups excluding carboxylic acids is 2. The molecule has 0 fully saturated rings. The first-order chi connectivity index (χ1) is 7.60. The van der Waals surface area contributed by atoms with Crippen molar-refractivity contribution in [2.45, 2.75) is 65.0 Å². The highest BCUT2D eigenvalue weighted by molar-refractivity contribution is 5.88. The Morgan fingerprint density at radius 3 is 2.12 bits per heavy atom. The van der Waals surface area contributed by atoms with E-state index < -0.39 is 23.1 Å². The lowest BCUT2D eigenvalue weighted by Crippen LogP contribution is -2.56.